The van der Waals surface area contributed by atoms with Crippen molar-refractivity contribution in [3.63, 3.8) is 0 Å². The third kappa shape index (κ3) is 5.62. The molecule has 2 aromatic carbocycles. The van der Waals surface area contributed by atoms with Crippen LogP contribution in [0.4, 0.5) is 4.39 Å². The Hall–Kier alpha value is -3.46. The molecule has 2 N–H and O–H groups in total. The maximum absolute atomic E-state index is 15.0. The van der Waals surface area contributed by atoms with Gasteiger partial charge in [-0.3, -0.25) is 9.59 Å². The molecule has 35 heavy (non-hydrogen) atoms. The first-order valence-electron chi connectivity index (χ1n) is 11.5. The van der Waals surface area contributed by atoms with Crippen LogP contribution >= 0.6 is 0 Å². The van der Waals surface area contributed by atoms with E-state index in [0.717, 1.165) is 18.4 Å². The van der Waals surface area contributed by atoms with E-state index < -0.39 is 32.6 Å². The summed E-state index contributed by atoms with van der Waals surface area (Å²) in [5, 5.41) is -0.625. The van der Waals surface area contributed by atoms with Crippen LogP contribution in [0.15, 0.2) is 53.3 Å². The number of halogens is 1. The van der Waals surface area contributed by atoms with Crippen molar-refractivity contribution >= 4 is 15.9 Å². The topological polar surface area (TPSA) is 105 Å². The average molecular weight is 499 g/mol. The Bertz CT molecular complexity index is 1410. The summed E-state index contributed by atoms with van der Waals surface area (Å²) < 4.78 is 47.2. The Morgan fingerprint density at radius 1 is 1.11 bits per heavy atom. The van der Waals surface area contributed by atoms with Crippen molar-refractivity contribution in [3.8, 4) is 28.1 Å². The van der Waals surface area contributed by atoms with Gasteiger partial charge in [-0.05, 0) is 49.9 Å². The fourth-order valence-corrected chi connectivity index (χ4v) is 4.96. The number of H-pyrrole nitrogens is 1. The van der Waals surface area contributed by atoms with Crippen molar-refractivity contribution in [2.45, 2.75) is 44.8 Å². The fourth-order valence-electron chi connectivity index (χ4n) is 3.67. The molecule has 1 amide bonds. The van der Waals surface area contributed by atoms with Crippen molar-refractivity contribution in [3.05, 3.63) is 75.8 Å². The molecule has 1 aliphatic carbocycles. The molecule has 0 aliphatic heterocycles. The van der Waals surface area contributed by atoms with E-state index in [1.54, 1.807) is 18.2 Å². The Labute approximate surface area is 203 Å². The molecule has 1 fully saturated rings. The van der Waals surface area contributed by atoms with E-state index in [-0.39, 0.29) is 22.4 Å². The monoisotopic (exact) mass is 498 g/mol. The summed E-state index contributed by atoms with van der Waals surface area (Å²) in [6, 6.07) is 12.9. The molecule has 1 aliphatic rings. The van der Waals surface area contributed by atoms with Crippen LogP contribution in [0.5, 0.6) is 5.75 Å². The quantitative estimate of drug-likeness (QED) is 0.421. The van der Waals surface area contributed by atoms with E-state index in [2.05, 4.69) is 4.98 Å². The van der Waals surface area contributed by atoms with E-state index in [1.807, 2.05) is 30.7 Å². The van der Waals surface area contributed by atoms with E-state index in [9.17, 15) is 22.4 Å². The Morgan fingerprint density at radius 3 is 2.46 bits per heavy atom. The number of aromatic nitrogens is 1. The van der Waals surface area contributed by atoms with Gasteiger partial charge in [-0.15, -0.1) is 0 Å². The third-order valence-electron chi connectivity index (χ3n) is 5.82. The Morgan fingerprint density at radius 2 is 1.83 bits per heavy atom. The minimum Gasteiger partial charge on any atom is -0.493 e. The zero-order valence-electron chi connectivity index (χ0n) is 19.6. The van der Waals surface area contributed by atoms with Gasteiger partial charge in [0.25, 0.3) is 11.5 Å². The molecule has 4 rings (SSSR count). The molecule has 0 atom stereocenters. The van der Waals surface area contributed by atoms with Crippen LogP contribution in [0, 0.1) is 12.7 Å². The first kappa shape index (κ1) is 24.7. The number of hydrogen-bond acceptors (Lipinski definition) is 5. The van der Waals surface area contributed by atoms with Crippen LogP contribution in [-0.4, -0.2) is 31.2 Å². The molecule has 1 heterocycles. The maximum Gasteiger partial charge on any atom is 0.270 e. The second kappa shape index (κ2) is 10.0. The highest BCUT2D eigenvalue weighted by Crippen LogP contribution is 2.31. The highest BCUT2D eigenvalue weighted by atomic mass is 32.2. The van der Waals surface area contributed by atoms with Gasteiger partial charge in [-0.2, -0.15) is 0 Å². The van der Waals surface area contributed by atoms with Crippen molar-refractivity contribution < 1.29 is 22.3 Å². The maximum atomic E-state index is 15.0. The van der Waals surface area contributed by atoms with E-state index >= 15 is 0 Å². The standard InChI is InChI=1S/C26H27FN2O5S/c1-3-4-13-34-18-9-12-20(22(27)14-18)23-15-21(17-7-5-16(2)6-8-17)24(25(30)28-23)26(31)29-35(32,33)19-10-11-19/h5-9,12,14-15,19H,3-4,10-11,13H2,1-2H3,(H,28,30)(H,29,31). The van der Waals surface area contributed by atoms with Gasteiger partial charge >= 0.3 is 0 Å². The molecule has 0 radical (unpaired) electrons. The second-order valence-corrected chi connectivity index (χ2v) is 10.6. The van der Waals surface area contributed by atoms with Gasteiger partial charge < -0.3 is 9.72 Å². The van der Waals surface area contributed by atoms with Crippen LogP contribution in [0.1, 0.15) is 48.5 Å². The zero-order valence-corrected chi connectivity index (χ0v) is 20.4. The predicted molar refractivity (Wildman–Crippen MR) is 132 cm³/mol. The van der Waals surface area contributed by atoms with Crippen LogP contribution in [-0.2, 0) is 10.0 Å². The number of rotatable bonds is 9. The molecule has 0 unspecified atom stereocenters. The molecule has 0 bridgehead atoms. The lowest BCUT2D eigenvalue weighted by Gasteiger charge is -2.14. The van der Waals surface area contributed by atoms with E-state index in [0.29, 0.717) is 30.8 Å². The molecular formula is C26H27FN2O5S. The Balaban J connectivity index is 1.77. The van der Waals surface area contributed by atoms with Gasteiger partial charge in [0.15, 0.2) is 0 Å². The van der Waals surface area contributed by atoms with Gasteiger partial charge in [-0.1, -0.05) is 43.2 Å². The zero-order chi connectivity index (χ0) is 25.2. The average Bonchev–Trinajstić information content (AvgIpc) is 3.65. The number of hydrogen-bond donors (Lipinski definition) is 2. The smallest absolute Gasteiger partial charge is 0.270 e. The molecule has 7 nitrogen and oxygen atoms in total. The van der Waals surface area contributed by atoms with Gasteiger partial charge in [0.2, 0.25) is 10.0 Å². The molecule has 1 aromatic heterocycles. The summed E-state index contributed by atoms with van der Waals surface area (Å²) in [6.07, 6.45) is 2.74. The lowest BCUT2D eigenvalue weighted by Crippen LogP contribution is -2.37. The Kier molecular flexibility index (Phi) is 7.07. The van der Waals surface area contributed by atoms with Gasteiger partial charge in [-0.25, -0.2) is 17.5 Å². The largest absolute Gasteiger partial charge is 0.493 e. The molecule has 9 heteroatoms. The number of pyridine rings is 1. The normalized spacial score (nSPS) is 13.5. The number of ether oxygens (including phenoxy) is 1. The van der Waals surface area contributed by atoms with Crippen LogP contribution in [0.3, 0.4) is 0 Å². The number of benzene rings is 2. The number of nitrogens with one attached hydrogen (secondary N) is 2. The van der Waals surface area contributed by atoms with Crippen molar-refractivity contribution in [1.29, 1.82) is 0 Å². The minimum atomic E-state index is -3.87. The van der Waals surface area contributed by atoms with Gasteiger partial charge in [0.1, 0.15) is 17.1 Å². The number of carbonyl (C=O) groups excluding carboxylic acids is 1. The summed E-state index contributed by atoms with van der Waals surface area (Å²) in [6.45, 7) is 4.39. The first-order valence-corrected chi connectivity index (χ1v) is 13.1. The molecule has 1 saturated carbocycles. The van der Waals surface area contributed by atoms with Crippen molar-refractivity contribution in [2.24, 2.45) is 0 Å². The number of amides is 1. The fraction of sp³-hybridized carbons (Fsp3) is 0.308. The summed E-state index contributed by atoms with van der Waals surface area (Å²) in [7, 11) is -3.87. The summed E-state index contributed by atoms with van der Waals surface area (Å²) in [4.78, 5) is 28.6. The summed E-state index contributed by atoms with van der Waals surface area (Å²) in [5.74, 6) is -1.24. The van der Waals surface area contributed by atoms with Gasteiger partial charge in [0.05, 0.1) is 17.6 Å². The number of carbonyl (C=O) groups is 1. The van der Waals surface area contributed by atoms with Crippen molar-refractivity contribution in [2.75, 3.05) is 6.61 Å². The predicted octanol–water partition coefficient (Wildman–Crippen LogP) is 4.56. The number of aryl methyl sites for hydroxylation is 1. The molecular weight excluding hydrogens is 471 g/mol. The highest BCUT2D eigenvalue weighted by molar-refractivity contribution is 7.91. The highest BCUT2D eigenvalue weighted by Gasteiger charge is 2.37. The van der Waals surface area contributed by atoms with Crippen LogP contribution in [0.2, 0.25) is 0 Å². The van der Waals surface area contributed by atoms with E-state index in [4.69, 9.17) is 4.74 Å². The van der Waals surface area contributed by atoms with Crippen LogP contribution in [0.25, 0.3) is 22.4 Å². The number of aromatic amines is 1. The lowest BCUT2D eigenvalue weighted by atomic mass is 9.97. The molecule has 0 saturated heterocycles. The van der Waals surface area contributed by atoms with Crippen molar-refractivity contribution in [1.82, 2.24) is 9.71 Å². The summed E-state index contributed by atoms with van der Waals surface area (Å²) in [5.41, 5.74) is 0.809. The number of unbranched alkanes of at least 4 members (excludes halogenated alkanes) is 1. The second-order valence-electron chi connectivity index (χ2n) is 8.69. The summed E-state index contributed by atoms with van der Waals surface area (Å²) >= 11 is 0. The number of sulfonamides is 1. The van der Waals surface area contributed by atoms with E-state index in [1.165, 1.54) is 18.2 Å². The van der Waals surface area contributed by atoms with Crippen LogP contribution < -0.4 is 15.0 Å². The first-order chi connectivity index (χ1) is 16.7. The molecule has 3 aromatic rings. The lowest BCUT2D eigenvalue weighted by molar-refractivity contribution is 0.0980. The SMILES string of the molecule is CCCCOc1ccc(-c2cc(-c3ccc(C)cc3)c(C(=O)NS(=O)(=O)C3CC3)c(=O)[nH]2)c(F)c1. The molecule has 184 valence electrons. The molecule has 0 spiro atoms. The van der Waals surface area contributed by atoms with Gasteiger partial charge in [0, 0.05) is 17.2 Å². The minimum absolute atomic E-state index is 0.121. The third-order valence-corrected chi connectivity index (χ3v) is 7.64.